The standard InChI is InChI=1S/C9H14O/c1-2-3-8-4-5-9(6-8)7-10/h3-5,9-10H,2,6-7H2,1H3/b8-3-/t9-/m1/s1. The summed E-state index contributed by atoms with van der Waals surface area (Å²) in [6, 6.07) is 0. The van der Waals surface area contributed by atoms with Gasteiger partial charge < -0.3 is 5.11 Å². The molecule has 0 amide bonds. The van der Waals surface area contributed by atoms with Gasteiger partial charge in [-0.05, 0) is 12.8 Å². The second-order valence-electron chi connectivity index (χ2n) is 2.69. The van der Waals surface area contributed by atoms with Gasteiger partial charge in [0.05, 0.1) is 0 Å². The Labute approximate surface area is 62.1 Å². The van der Waals surface area contributed by atoms with Crippen molar-refractivity contribution in [1.29, 1.82) is 0 Å². The van der Waals surface area contributed by atoms with Crippen molar-refractivity contribution >= 4 is 0 Å². The van der Waals surface area contributed by atoms with E-state index in [9.17, 15) is 0 Å². The normalized spacial score (nSPS) is 28.2. The summed E-state index contributed by atoms with van der Waals surface area (Å²) >= 11 is 0. The van der Waals surface area contributed by atoms with E-state index < -0.39 is 0 Å². The lowest BCUT2D eigenvalue weighted by atomic mass is 10.1. The van der Waals surface area contributed by atoms with Crippen LogP contribution in [-0.2, 0) is 0 Å². The van der Waals surface area contributed by atoms with Gasteiger partial charge in [-0.25, -0.2) is 0 Å². The zero-order valence-corrected chi connectivity index (χ0v) is 6.38. The van der Waals surface area contributed by atoms with Crippen LogP contribution in [0.15, 0.2) is 23.8 Å². The predicted molar refractivity (Wildman–Crippen MR) is 42.7 cm³/mol. The lowest BCUT2D eigenvalue weighted by Gasteiger charge is -2.00. The van der Waals surface area contributed by atoms with Crippen LogP contribution in [0, 0.1) is 5.92 Å². The van der Waals surface area contributed by atoms with Gasteiger partial charge >= 0.3 is 0 Å². The van der Waals surface area contributed by atoms with Crippen LogP contribution < -0.4 is 0 Å². The Morgan fingerprint density at radius 3 is 3.10 bits per heavy atom. The lowest BCUT2D eigenvalue weighted by molar-refractivity contribution is 0.255. The Morgan fingerprint density at radius 2 is 2.60 bits per heavy atom. The molecule has 1 aliphatic carbocycles. The van der Waals surface area contributed by atoms with Crippen LogP contribution in [0.5, 0.6) is 0 Å². The molecule has 1 rings (SSSR count). The van der Waals surface area contributed by atoms with E-state index in [1.54, 1.807) is 0 Å². The Hall–Kier alpha value is -0.560. The Balaban J connectivity index is 2.45. The highest BCUT2D eigenvalue weighted by atomic mass is 16.3. The van der Waals surface area contributed by atoms with Crippen LogP contribution in [-0.4, -0.2) is 11.7 Å². The maximum Gasteiger partial charge on any atom is 0.0497 e. The molecule has 0 spiro atoms. The van der Waals surface area contributed by atoms with Gasteiger partial charge in [0, 0.05) is 12.5 Å². The third kappa shape index (κ3) is 1.71. The first-order valence-corrected chi connectivity index (χ1v) is 3.85. The summed E-state index contributed by atoms with van der Waals surface area (Å²) in [6.45, 7) is 2.42. The zero-order chi connectivity index (χ0) is 7.40. The fraction of sp³-hybridized carbons (Fsp3) is 0.556. The molecular formula is C9H14O. The smallest absolute Gasteiger partial charge is 0.0497 e. The molecule has 0 radical (unpaired) electrons. The molecule has 56 valence electrons. The van der Waals surface area contributed by atoms with Gasteiger partial charge in [0.15, 0.2) is 0 Å². The zero-order valence-electron chi connectivity index (χ0n) is 6.38. The fourth-order valence-electron chi connectivity index (χ4n) is 1.24. The molecule has 0 saturated heterocycles. The predicted octanol–water partition coefficient (Wildman–Crippen LogP) is 1.89. The van der Waals surface area contributed by atoms with Gasteiger partial charge in [0.25, 0.3) is 0 Å². The van der Waals surface area contributed by atoms with Crippen LogP contribution in [0.1, 0.15) is 19.8 Å². The topological polar surface area (TPSA) is 20.2 Å². The summed E-state index contributed by atoms with van der Waals surface area (Å²) in [5.41, 5.74) is 1.38. The Bertz CT molecular complexity index is 156. The number of aliphatic hydroxyl groups is 1. The van der Waals surface area contributed by atoms with E-state index in [1.165, 1.54) is 5.57 Å². The van der Waals surface area contributed by atoms with E-state index in [0.717, 1.165) is 12.8 Å². The van der Waals surface area contributed by atoms with Gasteiger partial charge in [0.1, 0.15) is 0 Å². The van der Waals surface area contributed by atoms with Crippen molar-refractivity contribution in [2.75, 3.05) is 6.61 Å². The van der Waals surface area contributed by atoms with Gasteiger partial charge in [-0.3, -0.25) is 0 Å². The van der Waals surface area contributed by atoms with Crippen LogP contribution in [0.25, 0.3) is 0 Å². The minimum atomic E-state index is 0.289. The molecule has 1 nitrogen and oxygen atoms in total. The van der Waals surface area contributed by atoms with Crippen LogP contribution >= 0.6 is 0 Å². The van der Waals surface area contributed by atoms with Crippen molar-refractivity contribution in [3.8, 4) is 0 Å². The maximum absolute atomic E-state index is 8.77. The van der Waals surface area contributed by atoms with Crippen LogP contribution in [0.4, 0.5) is 0 Å². The molecule has 0 fully saturated rings. The molecule has 10 heavy (non-hydrogen) atoms. The van der Waals surface area contributed by atoms with E-state index in [1.807, 2.05) is 0 Å². The first kappa shape index (κ1) is 7.55. The second kappa shape index (κ2) is 3.57. The number of aliphatic hydroxyl groups excluding tert-OH is 1. The summed E-state index contributed by atoms with van der Waals surface area (Å²) in [5.74, 6) is 0.387. The molecule has 0 heterocycles. The Kier molecular flexibility index (Phi) is 2.69. The largest absolute Gasteiger partial charge is 0.396 e. The highest BCUT2D eigenvalue weighted by molar-refractivity contribution is 5.26. The summed E-state index contributed by atoms with van der Waals surface area (Å²) < 4.78 is 0. The SMILES string of the molecule is CC/C=C1/C=C[C@@H](CO)C1. The van der Waals surface area contributed by atoms with Crippen molar-refractivity contribution in [2.24, 2.45) is 5.92 Å². The van der Waals surface area contributed by atoms with Gasteiger partial charge in [0.2, 0.25) is 0 Å². The van der Waals surface area contributed by atoms with E-state index in [2.05, 4.69) is 25.2 Å². The molecule has 1 aliphatic rings. The molecule has 0 bridgehead atoms. The molecule has 0 aromatic carbocycles. The number of hydrogen-bond donors (Lipinski definition) is 1. The first-order chi connectivity index (χ1) is 4.86. The second-order valence-corrected chi connectivity index (χ2v) is 2.69. The fourth-order valence-corrected chi connectivity index (χ4v) is 1.24. The lowest BCUT2D eigenvalue weighted by Crippen LogP contribution is -1.97. The monoisotopic (exact) mass is 138 g/mol. The van der Waals surface area contributed by atoms with Crippen LogP contribution in [0.2, 0.25) is 0 Å². The van der Waals surface area contributed by atoms with E-state index in [0.29, 0.717) is 5.92 Å². The van der Waals surface area contributed by atoms with Gasteiger partial charge in [-0.15, -0.1) is 0 Å². The molecular weight excluding hydrogens is 124 g/mol. The van der Waals surface area contributed by atoms with Crippen molar-refractivity contribution in [2.45, 2.75) is 19.8 Å². The van der Waals surface area contributed by atoms with Crippen molar-refractivity contribution < 1.29 is 5.11 Å². The highest BCUT2D eigenvalue weighted by Crippen LogP contribution is 2.22. The molecule has 0 aromatic rings. The van der Waals surface area contributed by atoms with Gasteiger partial charge in [-0.2, -0.15) is 0 Å². The summed E-state index contributed by atoms with van der Waals surface area (Å²) in [6.07, 6.45) is 8.54. The molecule has 0 aromatic heterocycles. The molecule has 0 aliphatic heterocycles. The maximum atomic E-state index is 8.77. The average molecular weight is 138 g/mol. The molecule has 0 unspecified atom stereocenters. The summed E-state index contributed by atoms with van der Waals surface area (Å²) in [5, 5.41) is 8.77. The van der Waals surface area contributed by atoms with E-state index >= 15 is 0 Å². The van der Waals surface area contributed by atoms with E-state index in [4.69, 9.17) is 5.11 Å². The van der Waals surface area contributed by atoms with Crippen molar-refractivity contribution in [1.82, 2.24) is 0 Å². The number of rotatable bonds is 2. The van der Waals surface area contributed by atoms with Crippen molar-refractivity contribution in [3.05, 3.63) is 23.8 Å². The molecule has 1 heteroatoms. The van der Waals surface area contributed by atoms with Crippen LogP contribution in [0.3, 0.4) is 0 Å². The Morgan fingerprint density at radius 1 is 1.80 bits per heavy atom. The first-order valence-electron chi connectivity index (χ1n) is 3.85. The third-order valence-electron chi connectivity index (χ3n) is 1.78. The third-order valence-corrected chi connectivity index (χ3v) is 1.78. The molecule has 1 atom stereocenters. The summed E-state index contributed by atoms with van der Waals surface area (Å²) in [4.78, 5) is 0. The molecule has 0 saturated carbocycles. The van der Waals surface area contributed by atoms with E-state index in [-0.39, 0.29) is 6.61 Å². The minimum Gasteiger partial charge on any atom is -0.396 e. The number of allylic oxidation sites excluding steroid dienone is 3. The summed E-state index contributed by atoms with van der Waals surface area (Å²) in [7, 11) is 0. The average Bonchev–Trinajstić information content (AvgIpc) is 2.37. The quantitative estimate of drug-likeness (QED) is 0.617. The minimum absolute atomic E-state index is 0.289. The van der Waals surface area contributed by atoms with Crippen molar-refractivity contribution in [3.63, 3.8) is 0 Å². The van der Waals surface area contributed by atoms with Gasteiger partial charge in [-0.1, -0.05) is 30.7 Å². The molecule has 1 N–H and O–H groups in total. The number of hydrogen-bond acceptors (Lipinski definition) is 1. The highest BCUT2D eigenvalue weighted by Gasteiger charge is 2.10.